The highest BCUT2D eigenvalue weighted by Crippen LogP contribution is 2.14. The Labute approximate surface area is 120 Å². The first-order valence-corrected chi connectivity index (χ1v) is 8.25. The molecule has 0 heterocycles. The summed E-state index contributed by atoms with van der Waals surface area (Å²) in [5, 5.41) is 0.408. The third-order valence-electron chi connectivity index (χ3n) is 2.51. The zero-order valence-corrected chi connectivity index (χ0v) is 12.6. The van der Waals surface area contributed by atoms with Gasteiger partial charge in [-0.05, 0) is 31.0 Å². The Hall–Kier alpha value is -0.620. The van der Waals surface area contributed by atoms with Crippen LogP contribution in [0, 0.1) is 0 Å². The molecule has 0 amide bonds. The molecule has 1 N–H and O–H groups in total. The van der Waals surface area contributed by atoms with Crippen LogP contribution < -0.4 is 4.72 Å². The number of benzene rings is 1. The Morgan fingerprint density at radius 3 is 2.68 bits per heavy atom. The largest absolute Gasteiger partial charge is 0.381 e. The van der Waals surface area contributed by atoms with Gasteiger partial charge in [-0.25, -0.2) is 13.1 Å². The molecule has 0 saturated carbocycles. The maximum Gasteiger partial charge on any atom is 0.240 e. The van der Waals surface area contributed by atoms with Crippen LogP contribution in [0.15, 0.2) is 29.2 Å². The molecular weight excluding hydrogens is 286 g/mol. The summed E-state index contributed by atoms with van der Waals surface area (Å²) in [6.45, 7) is 3.76. The minimum absolute atomic E-state index is 0.187. The summed E-state index contributed by atoms with van der Waals surface area (Å²) in [5.41, 5.74) is 0. The van der Waals surface area contributed by atoms with Gasteiger partial charge in [-0.1, -0.05) is 31.0 Å². The van der Waals surface area contributed by atoms with E-state index < -0.39 is 10.0 Å². The standard InChI is InChI=1S/C13H20ClNO3S/c1-2-3-9-18-10-5-8-15-19(16,17)13-7-4-6-12(14)11-13/h4,6-7,11,15H,2-3,5,8-10H2,1H3. The van der Waals surface area contributed by atoms with E-state index in [-0.39, 0.29) is 4.90 Å². The van der Waals surface area contributed by atoms with Crippen molar-refractivity contribution >= 4 is 21.6 Å². The highest BCUT2D eigenvalue weighted by molar-refractivity contribution is 7.89. The number of unbranched alkanes of at least 4 members (excludes halogenated alkanes) is 1. The van der Waals surface area contributed by atoms with E-state index in [1.807, 2.05) is 0 Å². The van der Waals surface area contributed by atoms with Crippen LogP contribution in [0.4, 0.5) is 0 Å². The second-order valence-electron chi connectivity index (χ2n) is 4.17. The summed E-state index contributed by atoms with van der Waals surface area (Å²) in [7, 11) is -3.47. The minimum Gasteiger partial charge on any atom is -0.381 e. The van der Waals surface area contributed by atoms with E-state index in [0.717, 1.165) is 19.4 Å². The molecule has 1 aromatic carbocycles. The highest BCUT2D eigenvalue weighted by Gasteiger charge is 2.12. The predicted molar refractivity (Wildman–Crippen MR) is 77.0 cm³/mol. The first-order chi connectivity index (χ1) is 9.06. The van der Waals surface area contributed by atoms with E-state index in [0.29, 0.717) is 24.6 Å². The van der Waals surface area contributed by atoms with Gasteiger partial charge in [0.2, 0.25) is 10.0 Å². The summed E-state index contributed by atoms with van der Waals surface area (Å²) < 4.78 is 31.7. The number of halogens is 1. The Bertz CT molecular complexity index is 477. The molecule has 0 aliphatic heterocycles. The summed E-state index contributed by atoms with van der Waals surface area (Å²) in [4.78, 5) is 0.187. The maximum absolute atomic E-state index is 11.9. The van der Waals surface area contributed by atoms with Gasteiger partial charge in [0.05, 0.1) is 4.90 Å². The number of sulfonamides is 1. The first kappa shape index (κ1) is 16.4. The third-order valence-corrected chi connectivity index (χ3v) is 4.20. The van der Waals surface area contributed by atoms with Crippen molar-refractivity contribution in [2.75, 3.05) is 19.8 Å². The fraction of sp³-hybridized carbons (Fsp3) is 0.538. The fourth-order valence-corrected chi connectivity index (χ4v) is 2.82. The predicted octanol–water partition coefficient (Wildman–Crippen LogP) is 2.83. The van der Waals surface area contributed by atoms with E-state index in [4.69, 9.17) is 16.3 Å². The molecule has 0 aliphatic rings. The average Bonchev–Trinajstić information content (AvgIpc) is 2.38. The number of ether oxygens (including phenoxy) is 1. The molecular formula is C13H20ClNO3S. The van der Waals surface area contributed by atoms with Crippen LogP contribution in [0.25, 0.3) is 0 Å². The van der Waals surface area contributed by atoms with Gasteiger partial charge in [-0.3, -0.25) is 0 Å². The van der Waals surface area contributed by atoms with Crippen LogP contribution in [0.2, 0.25) is 5.02 Å². The SMILES string of the molecule is CCCCOCCCNS(=O)(=O)c1cccc(Cl)c1. The lowest BCUT2D eigenvalue weighted by Crippen LogP contribution is -2.25. The van der Waals surface area contributed by atoms with Crippen LogP contribution in [0.1, 0.15) is 26.2 Å². The van der Waals surface area contributed by atoms with Crippen LogP contribution >= 0.6 is 11.6 Å². The van der Waals surface area contributed by atoms with Crippen LogP contribution in [-0.4, -0.2) is 28.2 Å². The van der Waals surface area contributed by atoms with Crippen LogP contribution in [0.5, 0.6) is 0 Å². The smallest absolute Gasteiger partial charge is 0.240 e. The molecule has 19 heavy (non-hydrogen) atoms. The molecule has 1 aromatic rings. The molecule has 108 valence electrons. The van der Waals surface area contributed by atoms with Crippen molar-refractivity contribution in [2.45, 2.75) is 31.1 Å². The second-order valence-corrected chi connectivity index (χ2v) is 6.38. The van der Waals surface area contributed by atoms with Crippen molar-refractivity contribution < 1.29 is 13.2 Å². The highest BCUT2D eigenvalue weighted by atomic mass is 35.5. The molecule has 0 aliphatic carbocycles. The summed E-state index contributed by atoms with van der Waals surface area (Å²) in [6.07, 6.45) is 2.79. The van der Waals surface area contributed by atoms with E-state index in [1.54, 1.807) is 12.1 Å². The van der Waals surface area contributed by atoms with Crippen molar-refractivity contribution in [2.24, 2.45) is 0 Å². The molecule has 1 rings (SSSR count). The molecule has 0 saturated heterocycles. The molecule has 0 aromatic heterocycles. The van der Waals surface area contributed by atoms with Crippen molar-refractivity contribution in [3.8, 4) is 0 Å². The first-order valence-electron chi connectivity index (χ1n) is 6.39. The Balaban J connectivity index is 2.32. The Morgan fingerprint density at radius 2 is 2.00 bits per heavy atom. The molecule has 0 spiro atoms. The lowest BCUT2D eigenvalue weighted by molar-refractivity contribution is 0.130. The van der Waals surface area contributed by atoms with E-state index >= 15 is 0 Å². The monoisotopic (exact) mass is 305 g/mol. The molecule has 0 atom stereocenters. The fourth-order valence-electron chi connectivity index (χ4n) is 1.45. The van der Waals surface area contributed by atoms with E-state index in [9.17, 15) is 8.42 Å². The van der Waals surface area contributed by atoms with E-state index in [1.165, 1.54) is 12.1 Å². The van der Waals surface area contributed by atoms with Crippen LogP contribution in [0.3, 0.4) is 0 Å². The Morgan fingerprint density at radius 1 is 1.26 bits per heavy atom. The molecule has 6 heteroatoms. The Kier molecular flexibility index (Phi) is 7.38. The molecule has 4 nitrogen and oxygen atoms in total. The van der Waals surface area contributed by atoms with E-state index in [2.05, 4.69) is 11.6 Å². The van der Waals surface area contributed by atoms with Gasteiger partial charge >= 0.3 is 0 Å². The molecule has 0 unspecified atom stereocenters. The summed E-state index contributed by atoms with van der Waals surface area (Å²) in [6, 6.07) is 6.21. The average molecular weight is 306 g/mol. The minimum atomic E-state index is -3.47. The third kappa shape index (κ3) is 6.38. The van der Waals surface area contributed by atoms with Crippen LogP contribution in [-0.2, 0) is 14.8 Å². The number of rotatable bonds is 9. The lowest BCUT2D eigenvalue weighted by atomic mass is 10.4. The summed E-state index contributed by atoms with van der Waals surface area (Å²) >= 11 is 5.77. The van der Waals surface area contributed by atoms with Gasteiger partial charge in [-0.15, -0.1) is 0 Å². The molecule has 0 radical (unpaired) electrons. The second kappa shape index (κ2) is 8.53. The van der Waals surface area contributed by atoms with Crippen molar-refractivity contribution in [3.63, 3.8) is 0 Å². The van der Waals surface area contributed by atoms with Crippen molar-refractivity contribution in [1.29, 1.82) is 0 Å². The van der Waals surface area contributed by atoms with Gasteiger partial charge in [0.1, 0.15) is 0 Å². The number of nitrogens with one attached hydrogen (secondary N) is 1. The van der Waals surface area contributed by atoms with Gasteiger partial charge in [0.15, 0.2) is 0 Å². The van der Waals surface area contributed by atoms with Gasteiger partial charge in [-0.2, -0.15) is 0 Å². The van der Waals surface area contributed by atoms with Gasteiger partial charge < -0.3 is 4.74 Å². The normalized spacial score (nSPS) is 11.7. The van der Waals surface area contributed by atoms with Gasteiger partial charge in [0.25, 0.3) is 0 Å². The van der Waals surface area contributed by atoms with Crippen molar-refractivity contribution in [1.82, 2.24) is 4.72 Å². The quantitative estimate of drug-likeness (QED) is 0.714. The zero-order valence-electron chi connectivity index (χ0n) is 11.1. The topological polar surface area (TPSA) is 55.4 Å². The number of hydrogen-bond acceptors (Lipinski definition) is 3. The van der Waals surface area contributed by atoms with Gasteiger partial charge in [0, 0.05) is 24.8 Å². The lowest BCUT2D eigenvalue weighted by Gasteiger charge is -2.07. The molecule has 0 fully saturated rings. The molecule has 0 bridgehead atoms. The number of hydrogen-bond donors (Lipinski definition) is 1. The zero-order chi connectivity index (χ0) is 14.1. The van der Waals surface area contributed by atoms with Crippen molar-refractivity contribution in [3.05, 3.63) is 29.3 Å². The summed E-state index contributed by atoms with van der Waals surface area (Å²) in [5.74, 6) is 0. The maximum atomic E-state index is 11.9.